The summed E-state index contributed by atoms with van der Waals surface area (Å²) in [6, 6.07) is -0.335. The number of aromatic nitrogens is 4. The van der Waals surface area contributed by atoms with Crippen molar-refractivity contribution in [3.05, 3.63) is 28.8 Å². The number of carbonyl (C=O) groups is 2. The highest BCUT2D eigenvalue weighted by atomic mass is 16.6. The molecule has 0 spiro atoms. The maximum Gasteiger partial charge on any atom is 0.302 e. The van der Waals surface area contributed by atoms with Gasteiger partial charge in [-0.2, -0.15) is 4.98 Å². The monoisotopic (exact) mass is 361 g/mol. The summed E-state index contributed by atoms with van der Waals surface area (Å²) in [5.41, 5.74) is 6.35. The lowest BCUT2D eigenvalue weighted by molar-refractivity contribution is -0.150. The van der Waals surface area contributed by atoms with Crippen LogP contribution in [0.1, 0.15) is 26.3 Å². The minimum absolute atomic E-state index is 0.0270. The van der Waals surface area contributed by atoms with E-state index in [2.05, 4.69) is 21.5 Å². The normalized spacial score (nSPS) is 22.5. The van der Waals surface area contributed by atoms with Gasteiger partial charge in [-0.15, -0.1) is 0 Å². The molecular formula is C16H19N5O5. The number of hydrogen-bond acceptors (Lipinski definition) is 8. The molecule has 10 nitrogen and oxygen atoms in total. The van der Waals surface area contributed by atoms with Crippen LogP contribution in [0.5, 0.6) is 0 Å². The van der Waals surface area contributed by atoms with Gasteiger partial charge in [-0.25, -0.2) is 4.98 Å². The standard InChI is InChI=1S/C16H19N5O5/c1-7-10(5-25-8(2)22)12(26-9(3)23)4-11(7)21-6-18-13-14(21)19-16(17)20-15(13)24/h6,10-12H,1,4-5H2,2-3H3,(H3,17,19,20,24). The van der Waals surface area contributed by atoms with Crippen LogP contribution in [0.2, 0.25) is 0 Å². The van der Waals surface area contributed by atoms with Gasteiger partial charge in [0.15, 0.2) is 11.2 Å². The number of anilines is 1. The van der Waals surface area contributed by atoms with Crippen LogP contribution in [-0.4, -0.2) is 44.2 Å². The first kappa shape index (κ1) is 17.6. The maximum atomic E-state index is 12.0. The second kappa shape index (κ2) is 6.62. The predicted molar refractivity (Wildman–Crippen MR) is 91.0 cm³/mol. The Labute approximate surface area is 148 Å². The van der Waals surface area contributed by atoms with Crippen LogP contribution in [-0.2, 0) is 19.1 Å². The first-order valence-electron chi connectivity index (χ1n) is 7.99. The SMILES string of the molecule is C=C1C(COC(C)=O)C(OC(C)=O)CC1n1cnc2c(=O)[nH]c(N)nc21. The minimum atomic E-state index is -0.513. The van der Waals surface area contributed by atoms with E-state index in [0.29, 0.717) is 17.6 Å². The number of carbonyl (C=O) groups excluding carboxylic acids is 2. The van der Waals surface area contributed by atoms with Crippen LogP contribution >= 0.6 is 0 Å². The van der Waals surface area contributed by atoms with Gasteiger partial charge >= 0.3 is 11.9 Å². The van der Waals surface area contributed by atoms with Crippen molar-refractivity contribution in [1.82, 2.24) is 19.5 Å². The Morgan fingerprint density at radius 2 is 2.15 bits per heavy atom. The number of fused-ring (bicyclic) bond motifs is 1. The van der Waals surface area contributed by atoms with E-state index in [1.807, 2.05) is 0 Å². The molecule has 0 aliphatic heterocycles. The number of rotatable bonds is 4. The third-order valence-corrected chi connectivity index (χ3v) is 4.38. The molecule has 2 aromatic rings. The zero-order valence-electron chi connectivity index (χ0n) is 14.4. The summed E-state index contributed by atoms with van der Waals surface area (Å²) in [5, 5.41) is 0. The first-order valence-corrected chi connectivity index (χ1v) is 7.99. The molecular weight excluding hydrogens is 342 g/mol. The Hall–Kier alpha value is -3.17. The van der Waals surface area contributed by atoms with E-state index in [1.165, 1.54) is 20.2 Å². The number of esters is 2. The van der Waals surface area contributed by atoms with Gasteiger partial charge in [-0.3, -0.25) is 19.4 Å². The summed E-state index contributed by atoms with van der Waals surface area (Å²) < 4.78 is 12.1. The lowest BCUT2D eigenvalue weighted by atomic mass is 10.0. The van der Waals surface area contributed by atoms with Gasteiger partial charge in [0, 0.05) is 20.3 Å². The number of nitrogens with two attached hydrogens (primary N) is 1. The molecule has 0 aromatic carbocycles. The fourth-order valence-corrected chi connectivity index (χ4v) is 3.25. The van der Waals surface area contributed by atoms with Gasteiger partial charge in [0.25, 0.3) is 5.56 Å². The summed E-state index contributed by atoms with van der Waals surface area (Å²) >= 11 is 0. The largest absolute Gasteiger partial charge is 0.465 e. The highest BCUT2D eigenvalue weighted by molar-refractivity contribution is 5.71. The second-order valence-corrected chi connectivity index (χ2v) is 6.16. The quantitative estimate of drug-likeness (QED) is 0.585. The molecule has 2 heterocycles. The Bertz CT molecular complexity index is 946. The van der Waals surface area contributed by atoms with Gasteiger partial charge in [-0.1, -0.05) is 6.58 Å². The molecule has 138 valence electrons. The molecule has 1 fully saturated rings. The van der Waals surface area contributed by atoms with E-state index in [4.69, 9.17) is 15.2 Å². The lowest BCUT2D eigenvalue weighted by Crippen LogP contribution is -2.26. The van der Waals surface area contributed by atoms with Gasteiger partial charge in [-0.05, 0) is 5.57 Å². The minimum Gasteiger partial charge on any atom is -0.465 e. The molecule has 0 saturated heterocycles. The van der Waals surface area contributed by atoms with Crippen molar-refractivity contribution in [2.75, 3.05) is 12.3 Å². The Balaban J connectivity index is 1.97. The van der Waals surface area contributed by atoms with E-state index in [9.17, 15) is 14.4 Å². The lowest BCUT2D eigenvalue weighted by Gasteiger charge is -2.19. The summed E-state index contributed by atoms with van der Waals surface area (Å²) in [7, 11) is 0. The zero-order chi connectivity index (χ0) is 19.0. The number of nitrogens with zero attached hydrogens (tertiary/aromatic N) is 3. The van der Waals surface area contributed by atoms with Crippen LogP contribution < -0.4 is 11.3 Å². The number of nitrogens with one attached hydrogen (secondary N) is 1. The molecule has 3 unspecified atom stereocenters. The molecule has 1 saturated carbocycles. The van der Waals surface area contributed by atoms with Gasteiger partial charge in [0.05, 0.1) is 18.3 Å². The molecule has 3 atom stereocenters. The number of aromatic amines is 1. The molecule has 1 aliphatic rings. The number of hydrogen-bond donors (Lipinski definition) is 2. The predicted octanol–water partition coefficient (Wildman–Crippen LogP) is 0.314. The Morgan fingerprint density at radius 3 is 2.81 bits per heavy atom. The molecule has 0 radical (unpaired) electrons. The van der Waals surface area contributed by atoms with Crippen molar-refractivity contribution in [3.8, 4) is 0 Å². The van der Waals surface area contributed by atoms with Gasteiger partial charge in [0.1, 0.15) is 12.7 Å². The van der Waals surface area contributed by atoms with Crippen molar-refractivity contribution in [1.29, 1.82) is 0 Å². The average Bonchev–Trinajstić information content (AvgIpc) is 3.06. The molecule has 10 heteroatoms. The molecule has 1 aliphatic carbocycles. The number of nitrogen functional groups attached to an aromatic ring is 1. The molecule has 26 heavy (non-hydrogen) atoms. The fourth-order valence-electron chi connectivity index (χ4n) is 3.25. The summed E-state index contributed by atoms with van der Waals surface area (Å²) in [4.78, 5) is 45.2. The van der Waals surface area contributed by atoms with Crippen molar-refractivity contribution in [2.24, 2.45) is 5.92 Å². The topological polar surface area (TPSA) is 142 Å². The molecule has 2 aromatic heterocycles. The molecule has 3 rings (SSSR count). The summed E-state index contributed by atoms with van der Waals surface area (Å²) in [6.45, 7) is 6.75. The Morgan fingerprint density at radius 1 is 1.42 bits per heavy atom. The smallest absolute Gasteiger partial charge is 0.302 e. The van der Waals surface area contributed by atoms with E-state index < -0.39 is 23.6 Å². The Kier molecular flexibility index (Phi) is 4.49. The van der Waals surface area contributed by atoms with Gasteiger partial charge in [0.2, 0.25) is 5.95 Å². The highest BCUT2D eigenvalue weighted by Crippen LogP contribution is 2.41. The van der Waals surface area contributed by atoms with Crippen LogP contribution in [0.15, 0.2) is 23.3 Å². The van der Waals surface area contributed by atoms with E-state index in [1.54, 1.807) is 4.57 Å². The average molecular weight is 361 g/mol. The second-order valence-electron chi connectivity index (χ2n) is 6.16. The number of H-pyrrole nitrogens is 1. The summed E-state index contributed by atoms with van der Waals surface area (Å²) in [5.74, 6) is -1.27. The number of imidazole rings is 1. The fraction of sp³-hybridized carbons (Fsp3) is 0.438. The van der Waals surface area contributed by atoms with Crippen LogP contribution in [0.25, 0.3) is 11.2 Å². The van der Waals surface area contributed by atoms with Crippen molar-refractivity contribution < 1.29 is 19.1 Å². The van der Waals surface area contributed by atoms with E-state index in [-0.39, 0.29) is 30.0 Å². The van der Waals surface area contributed by atoms with Crippen molar-refractivity contribution in [3.63, 3.8) is 0 Å². The zero-order valence-corrected chi connectivity index (χ0v) is 14.4. The third-order valence-electron chi connectivity index (χ3n) is 4.38. The summed E-state index contributed by atoms with van der Waals surface area (Å²) in [6.07, 6.45) is 1.35. The molecule has 0 amide bonds. The van der Waals surface area contributed by atoms with Crippen LogP contribution in [0.4, 0.5) is 5.95 Å². The first-order chi connectivity index (χ1) is 12.3. The van der Waals surface area contributed by atoms with Crippen LogP contribution in [0, 0.1) is 5.92 Å². The van der Waals surface area contributed by atoms with Crippen molar-refractivity contribution >= 4 is 29.1 Å². The van der Waals surface area contributed by atoms with Crippen molar-refractivity contribution in [2.45, 2.75) is 32.4 Å². The molecule has 3 N–H and O–H groups in total. The number of ether oxygens (including phenoxy) is 2. The van der Waals surface area contributed by atoms with Gasteiger partial charge < -0.3 is 19.8 Å². The highest BCUT2D eigenvalue weighted by Gasteiger charge is 2.42. The van der Waals surface area contributed by atoms with E-state index in [0.717, 1.165) is 0 Å². The molecule has 0 bridgehead atoms. The third kappa shape index (κ3) is 3.17. The van der Waals surface area contributed by atoms with Crippen LogP contribution in [0.3, 0.4) is 0 Å². The van der Waals surface area contributed by atoms with E-state index >= 15 is 0 Å². The maximum absolute atomic E-state index is 12.0.